The van der Waals surface area contributed by atoms with Gasteiger partial charge in [-0.25, -0.2) is 9.18 Å². The van der Waals surface area contributed by atoms with E-state index in [1.807, 2.05) is 43.3 Å². The van der Waals surface area contributed by atoms with Gasteiger partial charge in [0.2, 0.25) is 0 Å². The van der Waals surface area contributed by atoms with Crippen LogP contribution >= 0.6 is 15.9 Å². The van der Waals surface area contributed by atoms with E-state index >= 15 is 4.39 Å². The predicted molar refractivity (Wildman–Crippen MR) is 118 cm³/mol. The van der Waals surface area contributed by atoms with E-state index in [9.17, 15) is 4.79 Å². The van der Waals surface area contributed by atoms with E-state index in [0.29, 0.717) is 15.8 Å². The summed E-state index contributed by atoms with van der Waals surface area (Å²) in [5, 5.41) is 3.04. The van der Waals surface area contributed by atoms with E-state index in [2.05, 4.69) is 21.2 Å². The largest absolute Gasteiger partial charge is 0.487 e. The number of ether oxygens (including phenoxy) is 2. The highest BCUT2D eigenvalue weighted by Gasteiger charge is 2.29. The molecule has 0 heterocycles. The fourth-order valence-corrected chi connectivity index (χ4v) is 3.92. The van der Waals surface area contributed by atoms with Gasteiger partial charge in [0.25, 0.3) is 0 Å². The third-order valence-electron chi connectivity index (χ3n) is 4.85. The van der Waals surface area contributed by atoms with Crippen LogP contribution in [0, 0.1) is 12.7 Å². The van der Waals surface area contributed by atoms with Gasteiger partial charge >= 0.3 is 5.97 Å². The molecule has 3 rings (SSSR count). The van der Waals surface area contributed by atoms with Crippen molar-refractivity contribution in [2.45, 2.75) is 26.5 Å². The molecule has 0 amide bonds. The van der Waals surface area contributed by atoms with Crippen molar-refractivity contribution >= 4 is 21.9 Å². The lowest BCUT2D eigenvalue weighted by Crippen LogP contribution is -2.20. The third-order valence-corrected chi connectivity index (χ3v) is 5.64. The zero-order valence-corrected chi connectivity index (χ0v) is 18.6. The Balaban J connectivity index is 2.07. The van der Waals surface area contributed by atoms with Gasteiger partial charge in [0.15, 0.2) is 0 Å². The minimum Gasteiger partial charge on any atom is -0.487 e. The minimum absolute atomic E-state index is 0.0613. The Hall–Kier alpha value is -2.70. The van der Waals surface area contributed by atoms with E-state index < -0.39 is 11.8 Å². The molecule has 30 heavy (non-hydrogen) atoms. The maximum absolute atomic E-state index is 15.3. The molecule has 156 valence electrons. The summed E-state index contributed by atoms with van der Waals surface area (Å²) in [5.74, 6) is -0.517. The summed E-state index contributed by atoms with van der Waals surface area (Å²) in [7, 11) is 1.74. The summed E-state index contributed by atoms with van der Waals surface area (Å²) in [6, 6.07) is 17.9. The van der Waals surface area contributed by atoms with E-state index in [1.165, 1.54) is 0 Å². The molecule has 0 aliphatic rings. The molecule has 0 radical (unpaired) electrons. The van der Waals surface area contributed by atoms with Crippen molar-refractivity contribution in [3.63, 3.8) is 0 Å². The summed E-state index contributed by atoms with van der Waals surface area (Å²) in [5.41, 5.74) is 1.57. The van der Waals surface area contributed by atoms with Crippen molar-refractivity contribution in [2.24, 2.45) is 0 Å². The topological polar surface area (TPSA) is 47.6 Å². The van der Waals surface area contributed by atoms with Crippen molar-refractivity contribution in [1.29, 1.82) is 0 Å². The van der Waals surface area contributed by atoms with E-state index in [4.69, 9.17) is 9.47 Å². The number of carbonyl (C=O) groups is 1. The number of halogens is 2. The number of hydrogen-bond acceptors (Lipinski definition) is 4. The van der Waals surface area contributed by atoms with Crippen molar-refractivity contribution in [3.05, 3.63) is 93.2 Å². The maximum Gasteiger partial charge on any atom is 0.347 e. The van der Waals surface area contributed by atoms with Gasteiger partial charge in [0.1, 0.15) is 29.5 Å². The van der Waals surface area contributed by atoms with Gasteiger partial charge in [0, 0.05) is 17.2 Å². The Morgan fingerprint density at radius 1 is 1.10 bits per heavy atom. The number of carbonyl (C=O) groups excluding carboxylic acids is 1. The molecule has 6 heteroatoms. The molecule has 1 N–H and O–H groups in total. The van der Waals surface area contributed by atoms with Crippen LogP contribution in [0.4, 0.5) is 4.39 Å². The summed E-state index contributed by atoms with van der Waals surface area (Å²) in [4.78, 5) is 13.0. The smallest absolute Gasteiger partial charge is 0.347 e. The second kappa shape index (κ2) is 9.87. The number of benzene rings is 3. The quantitative estimate of drug-likeness (QED) is 0.340. The highest BCUT2D eigenvalue weighted by Crippen LogP contribution is 2.41. The molecular weight excluding hydrogens is 449 g/mol. The van der Waals surface area contributed by atoms with Crippen LogP contribution in [0.3, 0.4) is 0 Å². The van der Waals surface area contributed by atoms with Crippen molar-refractivity contribution in [1.82, 2.24) is 5.32 Å². The van der Waals surface area contributed by atoms with Crippen molar-refractivity contribution < 1.29 is 18.7 Å². The predicted octanol–water partition coefficient (Wildman–Crippen LogP) is 5.98. The first kappa shape index (κ1) is 22.0. The van der Waals surface area contributed by atoms with Crippen LogP contribution in [0.25, 0.3) is 0 Å². The SMILES string of the molecule is CNC(C)c1c(F)c(C)c(C(=O)Oc2ccccc2)c(OCc2ccccc2)c1Br. The van der Waals surface area contributed by atoms with Crippen LogP contribution in [0.1, 0.15) is 40.0 Å². The number of rotatable bonds is 7. The molecule has 0 saturated heterocycles. The summed E-state index contributed by atoms with van der Waals surface area (Å²) >= 11 is 3.47. The zero-order valence-electron chi connectivity index (χ0n) is 17.0. The van der Waals surface area contributed by atoms with Gasteiger partial charge in [0.05, 0.1) is 4.47 Å². The van der Waals surface area contributed by atoms with E-state index in [0.717, 1.165) is 5.56 Å². The van der Waals surface area contributed by atoms with Crippen LogP contribution in [0.15, 0.2) is 65.1 Å². The summed E-state index contributed by atoms with van der Waals surface area (Å²) in [6.45, 7) is 3.62. The van der Waals surface area contributed by atoms with Crippen LogP contribution in [0.5, 0.6) is 11.5 Å². The average molecular weight is 472 g/mol. The highest BCUT2D eigenvalue weighted by atomic mass is 79.9. The molecule has 3 aromatic rings. The lowest BCUT2D eigenvalue weighted by atomic mass is 9.98. The third kappa shape index (κ3) is 4.71. The average Bonchev–Trinajstić information content (AvgIpc) is 2.76. The molecule has 1 unspecified atom stereocenters. The van der Waals surface area contributed by atoms with Gasteiger partial charge in [-0.3, -0.25) is 0 Å². The standard InChI is InChI=1S/C24H23BrFNO3/c1-15-19(24(28)30-18-12-8-5-9-13-18)23(29-14-17-10-6-4-7-11-17)21(25)20(22(15)26)16(2)27-3/h4-13,16,27H,14H2,1-3H3. The molecule has 0 saturated carbocycles. The zero-order chi connectivity index (χ0) is 21.7. The molecule has 1 atom stereocenters. The Kier molecular flexibility index (Phi) is 7.24. The molecule has 4 nitrogen and oxygen atoms in total. The lowest BCUT2D eigenvalue weighted by molar-refractivity contribution is 0.0728. The lowest BCUT2D eigenvalue weighted by Gasteiger charge is -2.22. The Morgan fingerprint density at radius 3 is 2.30 bits per heavy atom. The molecule has 0 aliphatic carbocycles. The first-order valence-electron chi connectivity index (χ1n) is 9.56. The van der Waals surface area contributed by atoms with Gasteiger partial charge in [-0.15, -0.1) is 0 Å². The molecule has 3 aromatic carbocycles. The van der Waals surface area contributed by atoms with E-state index in [-0.39, 0.29) is 29.5 Å². The monoisotopic (exact) mass is 471 g/mol. The van der Waals surface area contributed by atoms with Crippen LogP contribution in [-0.4, -0.2) is 13.0 Å². The fraction of sp³-hybridized carbons (Fsp3) is 0.208. The van der Waals surface area contributed by atoms with Gasteiger partial charge in [-0.2, -0.15) is 0 Å². The molecular formula is C24H23BrFNO3. The second-order valence-corrected chi connectivity index (χ2v) is 7.65. The number of para-hydroxylation sites is 1. The van der Waals surface area contributed by atoms with Crippen LogP contribution in [-0.2, 0) is 6.61 Å². The fourth-order valence-electron chi connectivity index (χ4n) is 3.09. The Labute approximate surface area is 184 Å². The minimum atomic E-state index is -0.676. The van der Waals surface area contributed by atoms with Crippen LogP contribution < -0.4 is 14.8 Å². The highest BCUT2D eigenvalue weighted by molar-refractivity contribution is 9.10. The first-order valence-corrected chi connectivity index (χ1v) is 10.4. The maximum atomic E-state index is 15.3. The van der Waals surface area contributed by atoms with Crippen molar-refractivity contribution in [3.8, 4) is 11.5 Å². The molecule has 0 spiro atoms. The van der Waals surface area contributed by atoms with E-state index in [1.54, 1.807) is 38.2 Å². The molecule has 0 fully saturated rings. The van der Waals surface area contributed by atoms with Crippen molar-refractivity contribution in [2.75, 3.05) is 7.05 Å². The van der Waals surface area contributed by atoms with Gasteiger partial charge in [-0.05, 0) is 54.5 Å². The Morgan fingerprint density at radius 2 is 1.70 bits per heavy atom. The van der Waals surface area contributed by atoms with Gasteiger partial charge in [-0.1, -0.05) is 48.5 Å². The molecule has 0 bridgehead atoms. The second-order valence-electron chi connectivity index (χ2n) is 6.86. The first-order chi connectivity index (χ1) is 14.4. The van der Waals surface area contributed by atoms with Crippen LogP contribution in [0.2, 0.25) is 0 Å². The number of hydrogen-bond donors (Lipinski definition) is 1. The van der Waals surface area contributed by atoms with Gasteiger partial charge < -0.3 is 14.8 Å². The summed E-state index contributed by atoms with van der Waals surface area (Å²) < 4.78 is 27.2. The number of esters is 1. The number of nitrogens with one attached hydrogen (secondary N) is 1. The normalized spacial score (nSPS) is 11.8. The molecule has 0 aliphatic heterocycles. The summed E-state index contributed by atoms with van der Waals surface area (Å²) in [6.07, 6.45) is 0. The Bertz CT molecular complexity index is 1030. The molecule has 0 aromatic heterocycles.